The third kappa shape index (κ3) is 14.9. The van der Waals surface area contributed by atoms with Gasteiger partial charge in [-0.15, -0.1) is 0 Å². The summed E-state index contributed by atoms with van der Waals surface area (Å²) in [5.74, 6) is -6.84. The monoisotopic (exact) mass is 1640 g/mol. The molecule has 0 spiro atoms. The Morgan fingerprint density at radius 3 is 1.94 bits per heavy atom. The van der Waals surface area contributed by atoms with Gasteiger partial charge in [-0.25, -0.2) is 14.6 Å². The van der Waals surface area contributed by atoms with E-state index >= 15 is 4.79 Å². The summed E-state index contributed by atoms with van der Waals surface area (Å²) < 4.78 is 33.8. The van der Waals surface area contributed by atoms with E-state index in [2.05, 4.69) is 10.3 Å². The maximum Gasteiger partial charge on any atom is -0.693 e. The van der Waals surface area contributed by atoms with Gasteiger partial charge in [-0.05, 0) is 113 Å². The Balaban J connectivity index is 0.000000280. The van der Waals surface area contributed by atoms with Crippen LogP contribution in [0, 0.1) is 16.7 Å². The first-order valence-electron chi connectivity index (χ1n) is 31.4. The number of nitrogens with two attached hydrogens (primary N) is 3. The molecule has 2 aromatic heterocycles. The van der Waals surface area contributed by atoms with Crippen LogP contribution in [0.15, 0.2) is 192 Å². The van der Waals surface area contributed by atoms with Gasteiger partial charge in [-0.2, -0.15) is 0 Å². The van der Waals surface area contributed by atoms with Gasteiger partial charge in [0.15, 0.2) is 23.6 Å². The number of halogens is 4. The van der Waals surface area contributed by atoms with E-state index in [9.17, 15) is 44.1 Å². The number of pyridine rings is 1. The number of aliphatic hydroxyl groups is 3. The Hall–Kier alpha value is -7.93. The number of esters is 4. The summed E-state index contributed by atoms with van der Waals surface area (Å²) in [6.07, 6.45) is -7.01. The summed E-state index contributed by atoms with van der Waals surface area (Å²) in [5, 5.41) is 42.4. The van der Waals surface area contributed by atoms with Crippen molar-refractivity contribution >= 4 is 88.5 Å². The Morgan fingerprint density at radius 2 is 1.38 bits per heavy atom. The van der Waals surface area contributed by atoms with Crippen molar-refractivity contribution in [1.82, 2.24) is 19.4 Å². The van der Waals surface area contributed by atoms with Crippen LogP contribution in [0.2, 0.25) is 10.0 Å². The second-order valence-electron chi connectivity index (χ2n) is 25.8. The maximum absolute atomic E-state index is 15.5. The van der Waals surface area contributed by atoms with E-state index < -0.39 is 135 Å². The van der Waals surface area contributed by atoms with Crippen molar-refractivity contribution in [3.63, 3.8) is 0 Å². The average Bonchev–Trinajstić information content (AvgIpc) is 0.855. The van der Waals surface area contributed by atoms with Crippen molar-refractivity contribution in [2.75, 3.05) is 6.61 Å². The summed E-state index contributed by atoms with van der Waals surface area (Å²) in [4.78, 5) is 101. The molecule has 1 unspecified atom stereocenters. The van der Waals surface area contributed by atoms with Gasteiger partial charge in [0, 0.05) is 73.3 Å². The minimum Gasteiger partial charge on any atom is -0.693 e. The molecule has 6 aromatic carbocycles. The zero-order valence-electron chi connectivity index (χ0n) is 56.1. The second-order valence-corrected chi connectivity index (χ2v) is 30.0. The van der Waals surface area contributed by atoms with Crippen molar-refractivity contribution < 1.29 is 84.3 Å². The fraction of sp³-hybridized carbons (Fsp3) is 0.324. The molecule has 536 valence electrons. The normalized spacial score (nSPS) is 24.2. The van der Waals surface area contributed by atoms with Gasteiger partial charge < -0.3 is 71.5 Å². The summed E-state index contributed by atoms with van der Waals surface area (Å²) in [6, 6.07) is 45.5. The molecule has 1 aliphatic heterocycles. The number of Topliss-reactive ketones (excluding diaryl/α,β-unsaturated/α-hetero) is 1. The molecule has 27 heteroatoms. The molecular formula is C74H77Cl4N7O15Pt. The van der Waals surface area contributed by atoms with Gasteiger partial charge >= 0.3 is 59.2 Å². The number of benzene rings is 6. The number of carbonyl (C=O) groups excluding carboxylic acids is 6. The number of nitrogens with one attached hydrogen (secondary N) is 1. The van der Waals surface area contributed by atoms with Crippen LogP contribution in [0.3, 0.4) is 0 Å². The van der Waals surface area contributed by atoms with Gasteiger partial charge in [0.1, 0.15) is 29.5 Å². The Morgan fingerprint density at radius 1 is 0.772 bits per heavy atom. The number of carbonyl (C=O) groups is 6. The van der Waals surface area contributed by atoms with E-state index in [0.29, 0.717) is 15.6 Å². The Bertz CT molecular complexity index is 4480. The molecule has 0 radical (unpaired) electrons. The van der Waals surface area contributed by atoms with Gasteiger partial charge in [0.05, 0.1) is 59.4 Å². The first kappa shape index (κ1) is 78.8. The summed E-state index contributed by atoms with van der Waals surface area (Å²) in [5.41, 5.74) is 4.12. The smallest absolute Gasteiger partial charge is 0.693 e. The van der Waals surface area contributed by atoms with Crippen molar-refractivity contribution in [1.29, 1.82) is 0 Å². The Labute approximate surface area is 609 Å². The second kappa shape index (κ2) is 31.8. The number of hydrogen-bond donors (Lipinski definition) is 5. The van der Waals surface area contributed by atoms with Crippen LogP contribution in [-0.4, -0.2) is 119 Å². The van der Waals surface area contributed by atoms with Gasteiger partial charge in [-0.3, -0.25) is 24.0 Å². The van der Waals surface area contributed by atoms with E-state index in [4.69, 9.17) is 71.5 Å². The van der Waals surface area contributed by atoms with Crippen LogP contribution < -0.4 is 16.6 Å². The predicted molar refractivity (Wildman–Crippen MR) is 378 cm³/mol. The van der Waals surface area contributed by atoms with E-state index in [0.717, 1.165) is 52.7 Å². The van der Waals surface area contributed by atoms with Crippen molar-refractivity contribution in [3.8, 4) is 11.1 Å². The fourth-order valence-corrected chi connectivity index (χ4v) is 15.0. The van der Waals surface area contributed by atoms with Crippen molar-refractivity contribution in [2.24, 2.45) is 36.6 Å². The first-order valence-corrected chi connectivity index (χ1v) is 37.8. The molecule has 1 amide bonds. The number of fused-ring (bicyclic) bond motifs is 6. The maximum atomic E-state index is 15.5. The van der Waals surface area contributed by atoms with Crippen LogP contribution in [0.4, 0.5) is 0 Å². The largest absolute Gasteiger partial charge is 0.693 e. The first-order chi connectivity index (χ1) is 47.0. The zero-order chi connectivity index (χ0) is 71.7. The van der Waals surface area contributed by atoms with Gasteiger partial charge in [-0.1, -0.05) is 134 Å². The number of ether oxygens (including phenoxy) is 5. The number of amides is 1. The minimum absolute atomic E-state index is 0. The molecule has 3 aliphatic carbocycles. The molecule has 4 aliphatic rings. The number of nitrogens with zero attached hydrogens (tertiary/aromatic N) is 3. The molecular weight excluding hydrogens is 1560 g/mol. The van der Waals surface area contributed by atoms with Crippen LogP contribution in [0.5, 0.6) is 0 Å². The van der Waals surface area contributed by atoms with Crippen LogP contribution >= 0.6 is 42.0 Å². The summed E-state index contributed by atoms with van der Waals surface area (Å²) >= 11 is 12.0. The summed E-state index contributed by atoms with van der Waals surface area (Å²) in [7, 11) is 13.4. The van der Waals surface area contributed by atoms with Crippen LogP contribution in [0.1, 0.15) is 104 Å². The average molecular weight is 1640 g/mol. The standard InChI is InChI=1S/C47H51NO14.C27H22Cl2N4O.2ClH.2H2N.Pt/c1-25-31(60-43(56)36(52)35(28-16-10-7-11-17-28)48-41(54)29-18-12-8-13-19-29)23-47(57)40(61-42(55)30-20-14-9-15-21-30)38-45(6,32(51)22-33-46(38,24-58-33)62-27(3)50)39(53)37(59-26(2)49)34(25)44(47,4)5;1-32-16-31-15-25(32)27(30,18-6-9-20(28)10-7-18)19-8-11-24-23(13-19)22(14-26(34)33(24)2)17-4-3-5-21(29)12-17;;;;;/h7-21,31-33,35-38,40,51-52,57H,22-24H2,1-6H3,(H,48,54);3-16H,30H2,1-2H3;2*1H;2*1H2;/q;;;;2*-1;+4/p-2/t31-,32-,33+,35-,36+,37+,38-,40-,45+,46-,47+;;;;;;/m0....../s1. The summed E-state index contributed by atoms with van der Waals surface area (Å²) in [6.45, 7) is 7.97. The molecule has 12 rings (SSSR count). The number of hydrogen-bond acceptors (Lipinski definition) is 17. The molecule has 10 N–H and O–H groups in total. The molecule has 2 bridgehead atoms. The number of ketones is 1. The van der Waals surface area contributed by atoms with E-state index in [1.165, 1.54) is 26.0 Å². The molecule has 12 atom stereocenters. The molecule has 8 aromatic rings. The topological polar surface area (TPSA) is 354 Å². The molecule has 3 fully saturated rings. The van der Waals surface area contributed by atoms with Gasteiger partial charge in [0.2, 0.25) is 0 Å². The SMILES string of the molecule is CC(=O)O[C@H]1C(=O)[C@@]2(C)[C@H]([C@H](OC(=O)c3ccccc3)[C@]3(O)C[C@H](OC(=O)[C@H](O)[C@@H](NC(=O)c4ccccc4)c4ccccc4)C(C)=C1C3(C)C)[C@]1(OC(C)=O)CO[C@@H]1C[C@@H]2O.Cn1cncc1C(N)(c1ccc(Cl)cc1)c1ccc2c(c1)c(-c1cccc(Cl)c1)cc(=O)n2C.[Cl][Pt+2][Cl].[NH2-].[NH2-]. The van der Waals surface area contributed by atoms with Crippen molar-refractivity contribution in [2.45, 2.75) is 114 Å². The number of aryl methyl sites for hydroxylation is 2. The number of aliphatic hydroxyl groups excluding tert-OH is 2. The van der Waals surface area contributed by atoms with Crippen molar-refractivity contribution in [3.05, 3.63) is 254 Å². The number of rotatable bonds is 14. The third-order valence-electron chi connectivity index (χ3n) is 19.8. The molecule has 3 heterocycles. The molecule has 1 saturated heterocycles. The Kier molecular flexibility index (Phi) is 24.8. The fourth-order valence-electron chi connectivity index (χ4n) is 14.7. The molecule has 22 nitrogen and oxygen atoms in total. The van der Waals surface area contributed by atoms with Crippen LogP contribution in [0.25, 0.3) is 34.3 Å². The van der Waals surface area contributed by atoms with Gasteiger partial charge in [0.25, 0.3) is 11.5 Å². The quantitative estimate of drug-likeness (QED) is 0.0383. The predicted octanol–water partition coefficient (Wildman–Crippen LogP) is 12.0. The number of imidazole rings is 1. The number of aromatic nitrogens is 3. The zero-order valence-corrected chi connectivity index (χ0v) is 61.4. The van der Waals surface area contributed by atoms with E-state index in [1.807, 2.05) is 78.3 Å². The van der Waals surface area contributed by atoms with Crippen LogP contribution in [-0.2, 0) is 79.0 Å². The van der Waals surface area contributed by atoms with E-state index in [1.54, 1.807) is 123 Å². The molecule has 101 heavy (non-hydrogen) atoms. The van der Waals surface area contributed by atoms with E-state index in [-0.39, 0.29) is 53.2 Å². The minimum atomic E-state index is -2.39. The third-order valence-corrected chi connectivity index (χ3v) is 20.3. The molecule has 2 saturated carbocycles.